The second kappa shape index (κ2) is 6.06. The summed E-state index contributed by atoms with van der Waals surface area (Å²) < 4.78 is 24.3. The van der Waals surface area contributed by atoms with Gasteiger partial charge in [0.25, 0.3) is 0 Å². The summed E-state index contributed by atoms with van der Waals surface area (Å²) >= 11 is 3.33. The maximum Gasteiger partial charge on any atom is 0.169 e. The summed E-state index contributed by atoms with van der Waals surface area (Å²) in [7, 11) is 1.59. The predicted molar refractivity (Wildman–Crippen MR) is 76.8 cm³/mol. The molecule has 0 aliphatic heterocycles. The largest absolute Gasteiger partial charge is 0.493 e. The van der Waals surface area contributed by atoms with Crippen molar-refractivity contribution in [2.75, 3.05) is 7.11 Å². The van der Waals surface area contributed by atoms with Gasteiger partial charge in [0.1, 0.15) is 11.6 Å². The van der Waals surface area contributed by atoms with Crippen LogP contribution in [-0.2, 0) is 5.33 Å². The molecular formula is C15H14BrFO2. The Bertz CT molecular complexity index is 533. The molecule has 0 bridgehead atoms. The Morgan fingerprint density at radius 3 is 2.47 bits per heavy atom. The fourth-order valence-electron chi connectivity index (χ4n) is 1.73. The zero-order chi connectivity index (χ0) is 13.8. The highest BCUT2D eigenvalue weighted by Crippen LogP contribution is 2.34. The first kappa shape index (κ1) is 13.9. The van der Waals surface area contributed by atoms with Crippen molar-refractivity contribution in [3.8, 4) is 17.2 Å². The highest BCUT2D eigenvalue weighted by atomic mass is 79.9. The Kier molecular flexibility index (Phi) is 4.43. The summed E-state index contributed by atoms with van der Waals surface area (Å²) in [4.78, 5) is 0. The minimum Gasteiger partial charge on any atom is -0.493 e. The van der Waals surface area contributed by atoms with Gasteiger partial charge in [-0.2, -0.15) is 0 Å². The molecule has 0 aliphatic rings. The molecule has 2 nitrogen and oxygen atoms in total. The highest BCUT2D eigenvalue weighted by Gasteiger charge is 2.09. The number of ether oxygens (including phenoxy) is 2. The van der Waals surface area contributed by atoms with Crippen LogP contribution < -0.4 is 9.47 Å². The first-order chi connectivity index (χ1) is 9.13. The van der Waals surface area contributed by atoms with Gasteiger partial charge in [0.05, 0.1) is 7.11 Å². The standard InChI is InChI=1S/C15H14BrFO2/c1-10-3-5-14(15(7-10)18-2)19-13-6-4-12(17)8-11(13)9-16/h3-8H,9H2,1-2H3. The Labute approximate surface area is 120 Å². The molecule has 2 aromatic carbocycles. The summed E-state index contributed by atoms with van der Waals surface area (Å²) in [6.07, 6.45) is 0. The maximum absolute atomic E-state index is 13.2. The fourth-order valence-corrected chi connectivity index (χ4v) is 2.17. The van der Waals surface area contributed by atoms with Crippen LogP contribution in [0.2, 0.25) is 0 Å². The number of halogens is 2. The van der Waals surface area contributed by atoms with Crippen LogP contribution >= 0.6 is 15.9 Å². The SMILES string of the molecule is COc1cc(C)ccc1Oc1ccc(F)cc1CBr. The van der Waals surface area contributed by atoms with Crippen LogP contribution in [0.15, 0.2) is 36.4 Å². The van der Waals surface area contributed by atoms with Crippen LogP contribution in [0.4, 0.5) is 4.39 Å². The molecule has 0 unspecified atom stereocenters. The van der Waals surface area contributed by atoms with Gasteiger partial charge in [0.15, 0.2) is 11.5 Å². The van der Waals surface area contributed by atoms with Gasteiger partial charge in [-0.1, -0.05) is 22.0 Å². The van der Waals surface area contributed by atoms with Crippen LogP contribution in [-0.4, -0.2) is 7.11 Å². The Morgan fingerprint density at radius 1 is 1.05 bits per heavy atom. The predicted octanol–water partition coefficient (Wildman–Crippen LogP) is 4.83. The van der Waals surface area contributed by atoms with Gasteiger partial charge >= 0.3 is 0 Å². The van der Waals surface area contributed by atoms with Crippen molar-refractivity contribution in [2.24, 2.45) is 0 Å². The smallest absolute Gasteiger partial charge is 0.169 e. The van der Waals surface area contributed by atoms with E-state index in [1.165, 1.54) is 12.1 Å². The number of methoxy groups -OCH3 is 1. The van der Waals surface area contributed by atoms with E-state index in [-0.39, 0.29) is 5.82 Å². The van der Waals surface area contributed by atoms with Crippen LogP contribution in [0.5, 0.6) is 17.2 Å². The van der Waals surface area contributed by atoms with E-state index < -0.39 is 0 Å². The quantitative estimate of drug-likeness (QED) is 0.750. The molecule has 0 heterocycles. The van der Waals surface area contributed by atoms with Crippen molar-refractivity contribution in [2.45, 2.75) is 12.3 Å². The first-order valence-corrected chi connectivity index (χ1v) is 6.93. The van der Waals surface area contributed by atoms with E-state index in [1.54, 1.807) is 13.2 Å². The molecule has 0 atom stereocenters. The summed E-state index contributed by atoms with van der Waals surface area (Å²) in [5.41, 5.74) is 1.84. The normalized spacial score (nSPS) is 10.3. The molecule has 19 heavy (non-hydrogen) atoms. The van der Waals surface area contributed by atoms with E-state index in [2.05, 4.69) is 15.9 Å². The van der Waals surface area contributed by atoms with Crippen LogP contribution in [0.3, 0.4) is 0 Å². The molecule has 4 heteroatoms. The molecule has 0 aromatic heterocycles. The van der Waals surface area contributed by atoms with Gasteiger partial charge in [-0.05, 0) is 42.8 Å². The van der Waals surface area contributed by atoms with Crippen molar-refractivity contribution in [3.63, 3.8) is 0 Å². The molecule has 0 spiro atoms. The summed E-state index contributed by atoms with van der Waals surface area (Å²) in [5, 5.41) is 0.522. The molecule has 0 fully saturated rings. The zero-order valence-corrected chi connectivity index (χ0v) is 12.3. The maximum atomic E-state index is 13.2. The van der Waals surface area contributed by atoms with Gasteiger partial charge in [0.2, 0.25) is 0 Å². The molecule has 2 rings (SSSR count). The van der Waals surface area contributed by atoms with Gasteiger partial charge in [-0.3, -0.25) is 0 Å². The number of benzene rings is 2. The van der Waals surface area contributed by atoms with Gasteiger partial charge < -0.3 is 9.47 Å². The van der Waals surface area contributed by atoms with E-state index in [0.717, 1.165) is 11.1 Å². The second-order valence-electron chi connectivity index (χ2n) is 4.14. The van der Waals surface area contributed by atoms with Crippen molar-refractivity contribution in [1.82, 2.24) is 0 Å². The van der Waals surface area contributed by atoms with Gasteiger partial charge in [-0.15, -0.1) is 0 Å². The molecule has 2 aromatic rings. The first-order valence-electron chi connectivity index (χ1n) is 5.81. The molecule has 0 saturated heterocycles. The van der Waals surface area contributed by atoms with Crippen LogP contribution in [0.25, 0.3) is 0 Å². The topological polar surface area (TPSA) is 18.5 Å². The highest BCUT2D eigenvalue weighted by molar-refractivity contribution is 9.08. The van der Waals surface area contributed by atoms with Crippen LogP contribution in [0.1, 0.15) is 11.1 Å². The number of alkyl halides is 1. The zero-order valence-electron chi connectivity index (χ0n) is 10.7. The summed E-state index contributed by atoms with van der Waals surface area (Å²) in [6.45, 7) is 1.98. The van der Waals surface area contributed by atoms with E-state index in [9.17, 15) is 4.39 Å². The Hall–Kier alpha value is -1.55. The van der Waals surface area contributed by atoms with E-state index in [1.807, 2.05) is 25.1 Å². The third kappa shape index (κ3) is 3.26. The molecule has 0 N–H and O–H groups in total. The van der Waals surface area contributed by atoms with Crippen LogP contribution in [0, 0.1) is 12.7 Å². The van der Waals surface area contributed by atoms with Crippen molar-refractivity contribution in [3.05, 3.63) is 53.3 Å². The van der Waals surface area contributed by atoms with Crippen molar-refractivity contribution < 1.29 is 13.9 Å². The van der Waals surface area contributed by atoms with E-state index in [4.69, 9.17) is 9.47 Å². The summed E-state index contributed by atoms with van der Waals surface area (Å²) in [5.74, 6) is 1.60. The lowest BCUT2D eigenvalue weighted by atomic mass is 10.2. The summed E-state index contributed by atoms with van der Waals surface area (Å²) in [6, 6.07) is 10.1. The molecule has 0 amide bonds. The lowest BCUT2D eigenvalue weighted by Gasteiger charge is -2.13. The monoisotopic (exact) mass is 324 g/mol. The van der Waals surface area contributed by atoms with E-state index in [0.29, 0.717) is 22.6 Å². The molecular weight excluding hydrogens is 311 g/mol. The molecule has 100 valence electrons. The molecule has 0 aliphatic carbocycles. The Balaban J connectivity index is 2.36. The number of hydrogen-bond acceptors (Lipinski definition) is 2. The lowest BCUT2D eigenvalue weighted by molar-refractivity contribution is 0.377. The minimum atomic E-state index is -0.280. The lowest BCUT2D eigenvalue weighted by Crippen LogP contribution is -1.94. The van der Waals surface area contributed by atoms with Gasteiger partial charge in [-0.25, -0.2) is 4.39 Å². The number of aryl methyl sites for hydroxylation is 1. The van der Waals surface area contributed by atoms with Gasteiger partial charge in [0, 0.05) is 10.9 Å². The third-order valence-electron chi connectivity index (χ3n) is 2.71. The average molecular weight is 325 g/mol. The molecule has 0 saturated carbocycles. The fraction of sp³-hybridized carbons (Fsp3) is 0.200. The van der Waals surface area contributed by atoms with Crippen molar-refractivity contribution >= 4 is 15.9 Å². The third-order valence-corrected chi connectivity index (χ3v) is 3.31. The van der Waals surface area contributed by atoms with E-state index >= 15 is 0 Å². The second-order valence-corrected chi connectivity index (χ2v) is 4.70. The number of hydrogen-bond donors (Lipinski definition) is 0. The Morgan fingerprint density at radius 2 is 1.79 bits per heavy atom. The molecule has 0 radical (unpaired) electrons. The minimum absolute atomic E-state index is 0.280. The average Bonchev–Trinajstić information content (AvgIpc) is 2.42. The number of rotatable bonds is 4. The van der Waals surface area contributed by atoms with Crippen molar-refractivity contribution in [1.29, 1.82) is 0 Å².